The number of carbonyl (C=O) groups excluding carboxylic acids is 2. The number of halogens is 1. The van der Waals surface area contributed by atoms with Gasteiger partial charge >= 0.3 is 0 Å². The molecule has 1 N–H and O–H groups in total. The number of carbonyl (C=O) groups is 2. The Bertz CT molecular complexity index is 1010. The van der Waals surface area contributed by atoms with E-state index >= 15 is 0 Å². The minimum absolute atomic E-state index is 0.0206. The van der Waals surface area contributed by atoms with Gasteiger partial charge in [-0.15, -0.1) is 0 Å². The smallest absolute Gasteiger partial charge is 0.242 e. The van der Waals surface area contributed by atoms with E-state index in [9.17, 15) is 22.4 Å². The summed E-state index contributed by atoms with van der Waals surface area (Å²) in [5, 5.41) is 2.68. The molecule has 0 radical (unpaired) electrons. The summed E-state index contributed by atoms with van der Waals surface area (Å²) < 4.78 is 39.2. The van der Waals surface area contributed by atoms with E-state index < -0.39 is 21.8 Å². The number of nitrogens with one attached hydrogen (secondary N) is 1. The second-order valence-corrected chi connectivity index (χ2v) is 8.81. The number of amides is 2. The molecule has 0 aromatic heterocycles. The molecule has 1 heterocycles. The van der Waals surface area contributed by atoms with Crippen LogP contribution in [0.4, 0.5) is 15.8 Å². The molecule has 2 aromatic carbocycles. The lowest BCUT2D eigenvalue weighted by Gasteiger charge is -2.17. The quantitative estimate of drug-likeness (QED) is 0.825. The van der Waals surface area contributed by atoms with Crippen LogP contribution < -0.4 is 10.2 Å². The molecule has 1 fully saturated rings. The van der Waals surface area contributed by atoms with Crippen molar-refractivity contribution in [2.45, 2.75) is 11.3 Å². The molecular formula is C19H20FN3O4S. The van der Waals surface area contributed by atoms with Crippen LogP contribution in [0.15, 0.2) is 53.4 Å². The highest BCUT2D eigenvalue weighted by molar-refractivity contribution is 7.89. The van der Waals surface area contributed by atoms with Gasteiger partial charge in [0.15, 0.2) is 0 Å². The van der Waals surface area contributed by atoms with Crippen LogP contribution >= 0.6 is 0 Å². The predicted molar refractivity (Wildman–Crippen MR) is 103 cm³/mol. The molecule has 1 aliphatic rings. The van der Waals surface area contributed by atoms with Crippen LogP contribution in [0.25, 0.3) is 0 Å². The number of rotatable bonds is 5. The second-order valence-electron chi connectivity index (χ2n) is 6.66. The minimum Gasteiger partial charge on any atom is -0.326 e. The molecule has 0 spiro atoms. The maximum atomic E-state index is 13.9. The summed E-state index contributed by atoms with van der Waals surface area (Å²) in [6.07, 6.45) is -0.0206. The van der Waals surface area contributed by atoms with E-state index in [1.807, 2.05) is 0 Å². The van der Waals surface area contributed by atoms with E-state index in [1.165, 1.54) is 61.5 Å². The van der Waals surface area contributed by atoms with Gasteiger partial charge in [0, 0.05) is 32.7 Å². The van der Waals surface area contributed by atoms with Crippen LogP contribution in [-0.2, 0) is 19.6 Å². The third-order valence-corrected chi connectivity index (χ3v) is 6.37. The Morgan fingerprint density at radius 3 is 2.39 bits per heavy atom. The average molecular weight is 405 g/mol. The summed E-state index contributed by atoms with van der Waals surface area (Å²) in [5.41, 5.74) is 0.570. The van der Waals surface area contributed by atoms with Crippen LogP contribution in [-0.4, -0.2) is 45.2 Å². The van der Waals surface area contributed by atoms with E-state index in [1.54, 1.807) is 6.07 Å². The lowest BCUT2D eigenvalue weighted by molar-refractivity contribution is -0.122. The van der Waals surface area contributed by atoms with Gasteiger partial charge in [-0.3, -0.25) is 9.59 Å². The zero-order valence-corrected chi connectivity index (χ0v) is 16.2. The fraction of sp³-hybridized carbons (Fsp3) is 0.263. The van der Waals surface area contributed by atoms with E-state index in [4.69, 9.17) is 0 Å². The molecule has 0 bridgehead atoms. The number of sulfonamides is 1. The maximum Gasteiger partial charge on any atom is 0.242 e. The number of nitrogens with zero attached hydrogens (tertiary/aromatic N) is 2. The van der Waals surface area contributed by atoms with Crippen LogP contribution in [0.5, 0.6) is 0 Å². The van der Waals surface area contributed by atoms with Crippen LogP contribution in [0.3, 0.4) is 0 Å². The first kappa shape index (κ1) is 20.0. The first-order chi connectivity index (χ1) is 13.2. The molecule has 0 aliphatic carbocycles. The van der Waals surface area contributed by atoms with Crippen molar-refractivity contribution in [3.05, 3.63) is 54.3 Å². The normalized spacial score (nSPS) is 17.2. The fourth-order valence-electron chi connectivity index (χ4n) is 2.95. The molecule has 1 aliphatic heterocycles. The molecule has 148 valence electrons. The van der Waals surface area contributed by atoms with Crippen molar-refractivity contribution in [3.63, 3.8) is 0 Å². The standard InChI is InChI=1S/C19H20FN3O4S/c1-22(2)28(26,27)15-9-7-14(8-10-15)21-19(25)13-11-18(24)23(12-13)17-6-4-3-5-16(17)20/h3-10,13H,11-12H2,1-2H3,(H,21,25). The second kappa shape index (κ2) is 7.69. The molecule has 1 saturated heterocycles. The highest BCUT2D eigenvalue weighted by Gasteiger charge is 2.36. The van der Waals surface area contributed by atoms with Gasteiger partial charge in [0.05, 0.1) is 16.5 Å². The topological polar surface area (TPSA) is 86.8 Å². The van der Waals surface area contributed by atoms with Crippen LogP contribution in [0.2, 0.25) is 0 Å². The summed E-state index contributed by atoms with van der Waals surface area (Å²) in [4.78, 5) is 26.1. The molecular weight excluding hydrogens is 385 g/mol. The third-order valence-electron chi connectivity index (χ3n) is 4.54. The number of para-hydroxylation sites is 1. The molecule has 9 heteroatoms. The zero-order chi connectivity index (χ0) is 20.5. The Balaban J connectivity index is 1.69. The van der Waals surface area contributed by atoms with Gasteiger partial charge in [-0.1, -0.05) is 12.1 Å². The van der Waals surface area contributed by atoms with Gasteiger partial charge in [0.2, 0.25) is 21.8 Å². The molecule has 1 atom stereocenters. The Labute approximate surface area is 162 Å². The summed E-state index contributed by atoms with van der Waals surface area (Å²) >= 11 is 0. The highest BCUT2D eigenvalue weighted by atomic mass is 32.2. The van der Waals surface area contributed by atoms with Crippen molar-refractivity contribution >= 4 is 33.2 Å². The largest absolute Gasteiger partial charge is 0.326 e. The Morgan fingerprint density at radius 1 is 1.14 bits per heavy atom. The monoisotopic (exact) mass is 405 g/mol. The fourth-order valence-corrected chi connectivity index (χ4v) is 3.85. The minimum atomic E-state index is -3.55. The molecule has 3 rings (SSSR count). The van der Waals surface area contributed by atoms with Crippen molar-refractivity contribution < 1.29 is 22.4 Å². The predicted octanol–water partition coefficient (Wildman–Crippen LogP) is 2.07. The van der Waals surface area contributed by atoms with Gasteiger partial charge in [0.1, 0.15) is 5.82 Å². The van der Waals surface area contributed by atoms with Gasteiger partial charge in [-0.05, 0) is 36.4 Å². The van der Waals surface area contributed by atoms with E-state index in [-0.39, 0.29) is 35.4 Å². The average Bonchev–Trinajstić information content (AvgIpc) is 3.04. The van der Waals surface area contributed by atoms with Crippen molar-refractivity contribution in [2.24, 2.45) is 5.92 Å². The van der Waals surface area contributed by atoms with Gasteiger partial charge < -0.3 is 10.2 Å². The molecule has 1 unspecified atom stereocenters. The number of hydrogen-bond donors (Lipinski definition) is 1. The Kier molecular flexibility index (Phi) is 5.48. The first-order valence-electron chi connectivity index (χ1n) is 8.58. The van der Waals surface area contributed by atoms with Crippen LogP contribution in [0, 0.1) is 11.7 Å². The van der Waals surface area contributed by atoms with Crippen molar-refractivity contribution in [1.29, 1.82) is 0 Å². The summed E-state index contributed by atoms with van der Waals surface area (Å²) in [5.74, 6) is -1.85. The van der Waals surface area contributed by atoms with Gasteiger partial charge in [-0.2, -0.15) is 0 Å². The summed E-state index contributed by atoms with van der Waals surface area (Å²) in [6.45, 7) is 0.0820. The van der Waals surface area contributed by atoms with Gasteiger partial charge in [0.25, 0.3) is 0 Å². The first-order valence-corrected chi connectivity index (χ1v) is 10.0. The highest BCUT2D eigenvalue weighted by Crippen LogP contribution is 2.28. The number of benzene rings is 2. The lowest BCUT2D eigenvalue weighted by atomic mass is 10.1. The van der Waals surface area contributed by atoms with E-state index in [2.05, 4.69) is 5.32 Å². The molecule has 7 nitrogen and oxygen atoms in total. The summed E-state index contributed by atoms with van der Waals surface area (Å²) in [7, 11) is -0.685. The van der Waals surface area contributed by atoms with Crippen molar-refractivity contribution in [2.75, 3.05) is 30.9 Å². The van der Waals surface area contributed by atoms with Gasteiger partial charge in [-0.25, -0.2) is 17.1 Å². The lowest BCUT2D eigenvalue weighted by Crippen LogP contribution is -2.28. The van der Waals surface area contributed by atoms with Crippen LogP contribution in [0.1, 0.15) is 6.42 Å². The van der Waals surface area contributed by atoms with E-state index in [0.717, 1.165) is 4.31 Å². The number of hydrogen-bond acceptors (Lipinski definition) is 4. The van der Waals surface area contributed by atoms with Crippen molar-refractivity contribution in [3.8, 4) is 0 Å². The zero-order valence-electron chi connectivity index (χ0n) is 15.4. The maximum absolute atomic E-state index is 13.9. The summed E-state index contributed by atoms with van der Waals surface area (Å²) in [6, 6.07) is 11.7. The molecule has 2 amide bonds. The SMILES string of the molecule is CN(C)S(=O)(=O)c1ccc(NC(=O)C2CC(=O)N(c3ccccc3F)C2)cc1. The van der Waals surface area contributed by atoms with E-state index in [0.29, 0.717) is 5.69 Å². The number of anilines is 2. The Hall–Kier alpha value is -2.78. The molecule has 0 saturated carbocycles. The van der Waals surface area contributed by atoms with Crippen molar-refractivity contribution in [1.82, 2.24) is 4.31 Å². The molecule has 28 heavy (non-hydrogen) atoms. The molecule has 2 aromatic rings. The Morgan fingerprint density at radius 2 is 1.79 bits per heavy atom. The third kappa shape index (κ3) is 3.90.